The lowest BCUT2D eigenvalue weighted by atomic mass is 10.1. The predicted molar refractivity (Wildman–Crippen MR) is 73.4 cm³/mol. The number of hydrogen-bond donors (Lipinski definition) is 1. The van der Waals surface area contributed by atoms with Gasteiger partial charge in [-0.1, -0.05) is 13.3 Å². The maximum atomic E-state index is 11.4. The standard InChI is InChI=1S/C14H22N2O2/c1-6-7-10(3)16(5)12-8-9(2)15-11(4)13(12)14(17)18/h8,10H,6-7H2,1-5H3,(H,17,18). The van der Waals surface area contributed by atoms with E-state index in [-0.39, 0.29) is 0 Å². The predicted octanol–water partition coefficient (Wildman–Crippen LogP) is 3.02. The number of anilines is 1. The van der Waals surface area contributed by atoms with E-state index in [0.717, 1.165) is 24.2 Å². The second-order valence-corrected chi connectivity index (χ2v) is 4.80. The molecular weight excluding hydrogens is 228 g/mol. The Balaban J connectivity index is 3.25. The van der Waals surface area contributed by atoms with E-state index in [4.69, 9.17) is 0 Å². The summed E-state index contributed by atoms with van der Waals surface area (Å²) in [7, 11) is 1.95. The molecule has 0 aliphatic heterocycles. The Labute approximate surface area is 109 Å². The Morgan fingerprint density at radius 2 is 2.11 bits per heavy atom. The van der Waals surface area contributed by atoms with Crippen LogP contribution in [0.3, 0.4) is 0 Å². The van der Waals surface area contributed by atoms with Crippen LogP contribution >= 0.6 is 0 Å². The van der Waals surface area contributed by atoms with Crippen LogP contribution in [0, 0.1) is 13.8 Å². The Morgan fingerprint density at radius 1 is 1.50 bits per heavy atom. The first-order chi connectivity index (χ1) is 8.38. The molecule has 100 valence electrons. The third-order valence-electron chi connectivity index (χ3n) is 3.27. The molecule has 0 spiro atoms. The van der Waals surface area contributed by atoms with Crippen molar-refractivity contribution in [2.45, 2.75) is 46.6 Å². The minimum absolute atomic E-state index is 0.311. The Kier molecular flexibility index (Phi) is 4.70. The molecule has 0 saturated carbocycles. The van der Waals surface area contributed by atoms with Gasteiger partial charge in [0.1, 0.15) is 5.56 Å². The van der Waals surface area contributed by atoms with Crippen LogP contribution in [0.1, 0.15) is 48.4 Å². The minimum atomic E-state index is -0.912. The topological polar surface area (TPSA) is 53.4 Å². The van der Waals surface area contributed by atoms with Gasteiger partial charge >= 0.3 is 5.97 Å². The van der Waals surface area contributed by atoms with Gasteiger partial charge in [0.2, 0.25) is 0 Å². The molecule has 0 radical (unpaired) electrons. The van der Waals surface area contributed by atoms with Crippen LogP contribution in [0.4, 0.5) is 5.69 Å². The van der Waals surface area contributed by atoms with Crippen molar-refractivity contribution in [1.82, 2.24) is 4.98 Å². The van der Waals surface area contributed by atoms with Crippen LogP contribution in [0.5, 0.6) is 0 Å². The Hall–Kier alpha value is -1.58. The third-order valence-corrected chi connectivity index (χ3v) is 3.27. The highest BCUT2D eigenvalue weighted by molar-refractivity contribution is 5.95. The molecule has 1 heterocycles. The fourth-order valence-electron chi connectivity index (χ4n) is 2.20. The van der Waals surface area contributed by atoms with E-state index in [1.54, 1.807) is 6.92 Å². The molecule has 18 heavy (non-hydrogen) atoms. The number of carboxylic acids is 1. The third kappa shape index (κ3) is 3.00. The first kappa shape index (κ1) is 14.5. The second-order valence-electron chi connectivity index (χ2n) is 4.80. The van der Waals surface area contributed by atoms with Gasteiger partial charge in [0.25, 0.3) is 0 Å². The molecule has 1 aromatic heterocycles. The smallest absolute Gasteiger partial charge is 0.339 e. The van der Waals surface area contributed by atoms with Gasteiger partial charge in [-0.15, -0.1) is 0 Å². The molecule has 4 heteroatoms. The van der Waals surface area contributed by atoms with Gasteiger partial charge in [-0.25, -0.2) is 4.79 Å². The molecular formula is C14H22N2O2. The average Bonchev–Trinajstić information content (AvgIpc) is 2.26. The number of rotatable bonds is 5. The number of pyridine rings is 1. The number of carboxylic acid groups (broad SMARTS) is 1. The zero-order valence-electron chi connectivity index (χ0n) is 11.8. The van der Waals surface area contributed by atoms with Gasteiger partial charge in [0.15, 0.2) is 0 Å². The summed E-state index contributed by atoms with van der Waals surface area (Å²) in [5.74, 6) is -0.912. The molecule has 1 N–H and O–H groups in total. The number of aryl methyl sites for hydroxylation is 2. The average molecular weight is 250 g/mol. The lowest BCUT2D eigenvalue weighted by Crippen LogP contribution is -2.30. The summed E-state index contributed by atoms with van der Waals surface area (Å²) in [6.45, 7) is 7.88. The van der Waals surface area contributed by atoms with Gasteiger partial charge in [-0.05, 0) is 33.3 Å². The largest absolute Gasteiger partial charge is 0.478 e. The van der Waals surface area contributed by atoms with Gasteiger partial charge in [-0.2, -0.15) is 0 Å². The monoisotopic (exact) mass is 250 g/mol. The van der Waals surface area contributed by atoms with Gasteiger partial charge in [0.05, 0.1) is 11.4 Å². The quantitative estimate of drug-likeness (QED) is 0.872. The number of nitrogens with zero attached hydrogens (tertiary/aromatic N) is 2. The van der Waals surface area contributed by atoms with Crippen molar-refractivity contribution in [3.05, 3.63) is 23.0 Å². The highest BCUT2D eigenvalue weighted by atomic mass is 16.4. The summed E-state index contributed by atoms with van der Waals surface area (Å²) in [5, 5.41) is 9.33. The van der Waals surface area contributed by atoms with Crippen molar-refractivity contribution in [2.75, 3.05) is 11.9 Å². The van der Waals surface area contributed by atoms with Crippen LogP contribution in [0.2, 0.25) is 0 Å². The lowest BCUT2D eigenvalue weighted by Gasteiger charge is -2.28. The molecule has 0 amide bonds. The zero-order chi connectivity index (χ0) is 13.9. The molecule has 1 aromatic rings. The first-order valence-corrected chi connectivity index (χ1v) is 6.32. The van der Waals surface area contributed by atoms with Gasteiger partial charge in [-0.3, -0.25) is 4.98 Å². The summed E-state index contributed by atoms with van der Waals surface area (Å²) in [4.78, 5) is 17.6. The number of aromatic carboxylic acids is 1. The molecule has 1 unspecified atom stereocenters. The van der Waals surface area contributed by atoms with Crippen LogP contribution in [0.15, 0.2) is 6.07 Å². The summed E-state index contributed by atoms with van der Waals surface area (Å²) >= 11 is 0. The van der Waals surface area contributed by atoms with E-state index in [0.29, 0.717) is 17.3 Å². The SMILES string of the molecule is CCCC(C)N(C)c1cc(C)nc(C)c1C(=O)O. The van der Waals surface area contributed by atoms with Crippen molar-refractivity contribution in [3.8, 4) is 0 Å². The minimum Gasteiger partial charge on any atom is -0.478 e. The first-order valence-electron chi connectivity index (χ1n) is 6.32. The summed E-state index contributed by atoms with van der Waals surface area (Å²) < 4.78 is 0. The van der Waals surface area contributed by atoms with Crippen LogP contribution in [-0.4, -0.2) is 29.1 Å². The fourth-order valence-corrected chi connectivity index (χ4v) is 2.20. The Bertz CT molecular complexity index is 444. The molecule has 0 aliphatic carbocycles. The molecule has 4 nitrogen and oxygen atoms in total. The van der Waals surface area contributed by atoms with Gasteiger partial charge < -0.3 is 10.0 Å². The van der Waals surface area contributed by atoms with Crippen LogP contribution in [-0.2, 0) is 0 Å². The molecule has 0 aliphatic rings. The van der Waals surface area contributed by atoms with E-state index in [9.17, 15) is 9.90 Å². The van der Waals surface area contributed by atoms with Crippen molar-refractivity contribution in [2.24, 2.45) is 0 Å². The molecule has 1 atom stereocenters. The van der Waals surface area contributed by atoms with Gasteiger partial charge in [0, 0.05) is 18.8 Å². The number of hydrogen-bond acceptors (Lipinski definition) is 3. The fraction of sp³-hybridized carbons (Fsp3) is 0.571. The molecule has 0 saturated heterocycles. The highest BCUT2D eigenvalue weighted by Gasteiger charge is 2.20. The lowest BCUT2D eigenvalue weighted by molar-refractivity contribution is 0.0696. The summed E-state index contributed by atoms with van der Waals surface area (Å²) in [5.41, 5.74) is 2.50. The van der Waals surface area contributed by atoms with E-state index < -0.39 is 5.97 Å². The molecule has 0 aromatic carbocycles. The van der Waals surface area contributed by atoms with Crippen molar-refractivity contribution < 1.29 is 9.90 Å². The second kappa shape index (κ2) is 5.85. The van der Waals surface area contributed by atoms with Crippen molar-refractivity contribution in [3.63, 3.8) is 0 Å². The highest BCUT2D eigenvalue weighted by Crippen LogP contribution is 2.25. The number of aromatic nitrogens is 1. The van der Waals surface area contributed by atoms with Crippen molar-refractivity contribution in [1.29, 1.82) is 0 Å². The number of carbonyl (C=O) groups is 1. The van der Waals surface area contributed by atoms with Crippen LogP contribution < -0.4 is 4.90 Å². The summed E-state index contributed by atoms with van der Waals surface area (Å²) in [6, 6.07) is 2.16. The zero-order valence-corrected chi connectivity index (χ0v) is 11.8. The van der Waals surface area contributed by atoms with E-state index in [1.165, 1.54) is 0 Å². The Morgan fingerprint density at radius 3 is 2.61 bits per heavy atom. The molecule has 1 rings (SSSR count). The maximum absolute atomic E-state index is 11.4. The van der Waals surface area contributed by atoms with Crippen LogP contribution in [0.25, 0.3) is 0 Å². The van der Waals surface area contributed by atoms with E-state index >= 15 is 0 Å². The van der Waals surface area contributed by atoms with E-state index in [1.807, 2.05) is 24.9 Å². The van der Waals surface area contributed by atoms with E-state index in [2.05, 4.69) is 18.8 Å². The normalized spacial score (nSPS) is 12.3. The van der Waals surface area contributed by atoms with Crippen molar-refractivity contribution >= 4 is 11.7 Å². The summed E-state index contributed by atoms with van der Waals surface area (Å²) in [6.07, 6.45) is 2.12. The maximum Gasteiger partial charge on any atom is 0.339 e. The molecule has 0 bridgehead atoms. The molecule has 0 fully saturated rings.